The van der Waals surface area contributed by atoms with Gasteiger partial charge in [-0.25, -0.2) is 0 Å². The lowest BCUT2D eigenvalue weighted by molar-refractivity contribution is -0.133. The van der Waals surface area contributed by atoms with Gasteiger partial charge in [-0.2, -0.15) is 0 Å². The van der Waals surface area contributed by atoms with Crippen LogP contribution in [-0.4, -0.2) is 55.0 Å². The van der Waals surface area contributed by atoms with Gasteiger partial charge in [-0.05, 0) is 50.5 Å². The largest absolute Gasteiger partial charge is 0.337 e. The van der Waals surface area contributed by atoms with E-state index < -0.39 is 0 Å². The van der Waals surface area contributed by atoms with Crippen LogP contribution in [0.1, 0.15) is 24.0 Å². The quantitative estimate of drug-likeness (QED) is 0.909. The summed E-state index contributed by atoms with van der Waals surface area (Å²) in [7, 11) is 2.09. The number of nitrogens with one attached hydrogen (secondary N) is 1. The molecule has 21 heavy (non-hydrogen) atoms. The van der Waals surface area contributed by atoms with E-state index >= 15 is 0 Å². The molecule has 1 aromatic carbocycles. The van der Waals surface area contributed by atoms with E-state index in [-0.39, 0.29) is 5.91 Å². The number of carbonyl (C=O) groups is 1. The first kappa shape index (κ1) is 14.5. The number of fused-ring (bicyclic) bond motifs is 1. The minimum absolute atomic E-state index is 0.269. The van der Waals surface area contributed by atoms with Crippen LogP contribution in [0.15, 0.2) is 24.3 Å². The van der Waals surface area contributed by atoms with E-state index in [9.17, 15) is 4.79 Å². The van der Waals surface area contributed by atoms with Gasteiger partial charge in [0.25, 0.3) is 0 Å². The molecule has 3 rings (SSSR count). The number of rotatable bonds is 3. The van der Waals surface area contributed by atoms with E-state index in [2.05, 4.69) is 41.5 Å². The summed E-state index contributed by atoms with van der Waals surface area (Å²) in [5.74, 6) is 0.269. The predicted molar refractivity (Wildman–Crippen MR) is 84.1 cm³/mol. The van der Waals surface area contributed by atoms with Crippen LogP contribution in [-0.2, 0) is 17.8 Å². The molecule has 1 N–H and O–H groups in total. The second-order valence-electron chi connectivity index (χ2n) is 6.23. The Hall–Kier alpha value is -1.39. The van der Waals surface area contributed by atoms with Gasteiger partial charge < -0.3 is 10.2 Å². The van der Waals surface area contributed by atoms with Gasteiger partial charge in [0.1, 0.15) is 0 Å². The summed E-state index contributed by atoms with van der Waals surface area (Å²) in [6, 6.07) is 9.02. The van der Waals surface area contributed by atoms with Crippen LogP contribution in [0.2, 0.25) is 0 Å². The topological polar surface area (TPSA) is 35.6 Å². The van der Waals surface area contributed by atoms with Crippen LogP contribution in [0, 0.1) is 0 Å². The molecule has 0 radical (unpaired) electrons. The lowest BCUT2D eigenvalue weighted by atomic mass is 10.00. The highest BCUT2D eigenvalue weighted by Crippen LogP contribution is 2.19. The average Bonchev–Trinajstić information content (AvgIpc) is 2.55. The molecular formula is C17H25N3O. The van der Waals surface area contributed by atoms with E-state index in [1.807, 2.05) is 4.90 Å². The third-order valence-electron chi connectivity index (χ3n) is 4.80. The molecular weight excluding hydrogens is 262 g/mol. The highest BCUT2D eigenvalue weighted by Gasteiger charge is 2.24. The van der Waals surface area contributed by atoms with Crippen molar-refractivity contribution in [1.29, 1.82) is 0 Å². The number of likely N-dealkylation sites (N-methyl/N-ethyl adjacent to an activating group) is 1. The van der Waals surface area contributed by atoms with E-state index in [0.717, 1.165) is 45.4 Å². The third kappa shape index (κ3) is 3.44. The molecule has 1 saturated heterocycles. The molecule has 2 aliphatic heterocycles. The monoisotopic (exact) mass is 287 g/mol. The number of benzene rings is 1. The maximum absolute atomic E-state index is 12.5. The summed E-state index contributed by atoms with van der Waals surface area (Å²) in [6.07, 6.45) is 3.28. The first-order chi connectivity index (χ1) is 10.2. The molecule has 2 aliphatic rings. The second kappa shape index (κ2) is 6.58. The Balaban J connectivity index is 1.56. The number of hydrogen-bond donors (Lipinski definition) is 1. The van der Waals surface area contributed by atoms with Gasteiger partial charge in [0.2, 0.25) is 5.91 Å². The van der Waals surface area contributed by atoms with Gasteiger partial charge in [0.15, 0.2) is 0 Å². The van der Waals surface area contributed by atoms with Crippen molar-refractivity contribution in [1.82, 2.24) is 15.1 Å². The zero-order valence-corrected chi connectivity index (χ0v) is 12.8. The molecule has 1 amide bonds. The summed E-state index contributed by atoms with van der Waals surface area (Å²) in [4.78, 5) is 16.8. The van der Waals surface area contributed by atoms with Gasteiger partial charge in [0, 0.05) is 19.1 Å². The Morgan fingerprint density at radius 3 is 2.76 bits per heavy atom. The Labute approximate surface area is 127 Å². The fourth-order valence-electron chi connectivity index (χ4n) is 3.40. The molecule has 0 bridgehead atoms. The SMILES string of the molecule is CN(CC(=O)N1CCc2ccccc2C1)C1CCNCC1. The Bertz CT molecular complexity index is 497. The first-order valence-corrected chi connectivity index (χ1v) is 7.99. The fourth-order valence-corrected chi connectivity index (χ4v) is 3.40. The molecule has 4 nitrogen and oxygen atoms in total. The van der Waals surface area contributed by atoms with Crippen molar-refractivity contribution in [2.75, 3.05) is 33.2 Å². The Morgan fingerprint density at radius 1 is 1.29 bits per heavy atom. The van der Waals surface area contributed by atoms with Gasteiger partial charge in [-0.1, -0.05) is 24.3 Å². The van der Waals surface area contributed by atoms with Crippen LogP contribution < -0.4 is 5.32 Å². The minimum atomic E-state index is 0.269. The molecule has 2 heterocycles. The van der Waals surface area contributed by atoms with E-state index in [4.69, 9.17) is 0 Å². The van der Waals surface area contributed by atoms with Crippen molar-refractivity contribution in [2.45, 2.75) is 31.8 Å². The standard InChI is InChI=1S/C17H25N3O/c1-19(16-6-9-18-10-7-16)13-17(21)20-11-8-14-4-2-3-5-15(14)12-20/h2-5,16,18H,6-13H2,1H3. The van der Waals surface area contributed by atoms with Crippen molar-refractivity contribution in [3.8, 4) is 0 Å². The van der Waals surface area contributed by atoms with Crippen LogP contribution in [0.3, 0.4) is 0 Å². The van der Waals surface area contributed by atoms with Crippen molar-refractivity contribution < 1.29 is 4.79 Å². The maximum atomic E-state index is 12.5. The van der Waals surface area contributed by atoms with Crippen LogP contribution in [0.5, 0.6) is 0 Å². The van der Waals surface area contributed by atoms with Crippen molar-refractivity contribution in [2.24, 2.45) is 0 Å². The number of nitrogens with zero attached hydrogens (tertiary/aromatic N) is 2. The lowest BCUT2D eigenvalue weighted by Gasteiger charge is -2.34. The molecule has 114 valence electrons. The molecule has 1 aromatic rings. The third-order valence-corrected chi connectivity index (χ3v) is 4.80. The molecule has 0 atom stereocenters. The van der Waals surface area contributed by atoms with Gasteiger partial charge in [-0.3, -0.25) is 9.69 Å². The Kier molecular flexibility index (Phi) is 4.56. The van der Waals surface area contributed by atoms with Crippen LogP contribution >= 0.6 is 0 Å². The maximum Gasteiger partial charge on any atom is 0.237 e. The van der Waals surface area contributed by atoms with Crippen molar-refractivity contribution >= 4 is 5.91 Å². The number of hydrogen-bond acceptors (Lipinski definition) is 3. The smallest absolute Gasteiger partial charge is 0.237 e. The van der Waals surface area contributed by atoms with Gasteiger partial charge >= 0.3 is 0 Å². The van der Waals surface area contributed by atoms with Crippen LogP contribution in [0.4, 0.5) is 0 Å². The van der Waals surface area contributed by atoms with E-state index in [1.165, 1.54) is 11.1 Å². The normalized spacial score (nSPS) is 19.6. The predicted octanol–water partition coefficient (Wildman–Crippen LogP) is 1.26. The molecule has 0 unspecified atom stereocenters. The Morgan fingerprint density at radius 2 is 2.00 bits per heavy atom. The number of carbonyl (C=O) groups excluding carboxylic acids is 1. The molecule has 0 saturated carbocycles. The summed E-state index contributed by atoms with van der Waals surface area (Å²) in [5, 5.41) is 3.38. The number of piperidine rings is 1. The highest BCUT2D eigenvalue weighted by molar-refractivity contribution is 5.78. The molecule has 0 aliphatic carbocycles. The molecule has 0 aromatic heterocycles. The summed E-state index contributed by atoms with van der Waals surface area (Å²) in [5.41, 5.74) is 2.70. The van der Waals surface area contributed by atoms with Gasteiger partial charge in [-0.15, -0.1) is 0 Å². The van der Waals surface area contributed by atoms with E-state index in [0.29, 0.717) is 12.6 Å². The van der Waals surface area contributed by atoms with E-state index in [1.54, 1.807) is 0 Å². The fraction of sp³-hybridized carbons (Fsp3) is 0.588. The second-order valence-corrected chi connectivity index (χ2v) is 6.23. The number of amides is 1. The molecule has 0 spiro atoms. The summed E-state index contributed by atoms with van der Waals surface area (Å²) in [6.45, 7) is 4.32. The van der Waals surface area contributed by atoms with Crippen molar-refractivity contribution in [3.63, 3.8) is 0 Å². The minimum Gasteiger partial charge on any atom is -0.337 e. The van der Waals surface area contributed by atoms with Gasteiger partial charge in [0.05, 0.1) is 6.54 Å². The zero-order valence-electron chi connectivity index (χ0n) is 12.8. The lowest BCUT2D eigenvalue weighted by Crippen LogP contribution is -2.47. The first-order valence-electron chi connectivity index (χ1n) is 7.99. The van der Waals surface area contributed by atoms with Crippen LogP contribution in [0.25, 0.3) is 0 Å². The zero-order chi connectivity index (χ0) is 14.7. The average molecular weight is 287 g/mol. The molecule has 1 fully saturated rings. The summed E-state index contributed by atoms with van der Waals surface area (Å²) >= 11 is 0. The summed E-state index contributed by atoms with van der Waals surface area (Å²) < 4.78 is 0. The molecule has 4 heteroatoms. The van der Waals surface area contributed by atoms with Crippen molar-refractivity contribution in [3.05, 3.63) is 35.4 Å². The highest BCUT2D eigenvalue weighted by atomic mass is 16.2.